The maximum atomic E-state index is 13.2. The van der Waals surface area contributed by atoms with Gasteiger partial charge in [-0.3, -0.25) is 9.36 Å². The molecule has 3 aromatic carbocycles. The molecule has 8 heteroatoms. The van der Waals surface area contributed by atoms with Gasteiger partial charge < -0.3 is 0 Å². The van der Waals surface area contributed by atoms with Crippen LogP contribution in [0.1, 0.15) is 11.1 Å². The number of fused-ring (bicyclic) bond motifs is 1. The van der Waals surface area contributed by atoms with Crippen molar-refractivity contribution in [3.05, 3.63) is 98.0 Å². The molecule has 0 atom stereocenters. The average Bonchev–Trinajstić information content (AvgIpc) is 2.71. The summed E-state index contributed by atoms with van der Waals surface area (Å²) in [4.78, 5) is 17.7. The Hall–Kier alpha value is -2.48. The Morgan fingerprint density at radius 2 is 1.80 bits per heavy atom. The van der Waals surface area contributed by atoms with Crippen LogP contribution in [-0.2, 0) is 16.4 Å². The number of rotatable bonds is 4. The fourth-order valence-corrected chi connectivity index (χ4v) is 5.68. The second-order valence-corrected chi connectivity index (χ2v) is 10.1. The zero-order valence-corrected chi connectivity index (χ0v) is 19.0. The lowest BCUT2D eigenvalue weighted by atomic mass is 10.1. The monoisotopic (exact) mass is 502 g/mol. The van der Waals surface area contributed by atoms with Crippen molar-refractivity contribution in [1.82, 2.24) is 9.55 Å². The van der Waals surface area contributed by atoms with E-state index < -0.39 is 9.84 Å². The topological polar surface area (TPSA) is 69.0 Å². The fourth-order valence-electron chi connectivity index (χ4n) is 3.32. The van der Waals surface area contributed by atoms with Crippen LogP contribution in [0.15, 0.2) is 86.0 Å². The molecule has 0 aliphatic rings. The van der Waals surface area contributed by atoms with Gasteiger partial charge in [-0.25, -0.2) is 13.4 Å². The highest BCUT2D eigenvalue weighted by molar-refractivity contribution is 9.10. The van der Waals surface area contributed by atoms with Crippen molar-refractivity contribution in [1.29, 1.82) is 0 Å². The molecular weight excluding hydrogens is 488 g/mol. The lowest BCUT2D eigenvalue weighted by Crippen LogP contribution is -2.22. The first kappa shape index (κ1) is 20.8. The van der Waals surface area contributed by atoms with Crippen LogP contribution < -0.4 is 5.56 Å². The van der Waals surface area contributed by atoms with Crippen molar-refractivity contribution < 1.29 is 8.42 Å². The van der Waals surface area contributed by atoms with Gasteiger partial charge in [0.05, 0.1) is 33.6 Å². The first-order chi connectivity index (χ1) is 14.3. The van der Waals surface area contributed by atoms with Crippen molar-refractivity contribution in [3.63, 3.8) is 0 Å². The normalized spacial score (nSPS) is 11.7. The summed E-state index contributed by atoms with van der Waals surface area (Å²) < 4.78 is 28.5. The summed E-state index contributed by atoms with van der Waals surface area (Å²) in [7, 11) is -3.78. The van der Waals surface area contributed by atoms with Crippen LogP contribution in [0, 0.1) is 6.92 Å². The van der Waals surface area contributed by atoms with Crippen LogP contribution >= 0.6 is 27.5 Å². The third kappa shape index (κ3) is 3.80. The number of hydrogen-bond acceptors (Lipinski definition) is 4. The Bertz CT molecular complexity index is 1430. The van der Waals surface area contributed by atoms with Gasteiger partial charge in [-0.2, -0.15) is 0 Å². The molecule has 0 radical (unpaired) electrons. The predicted octanol–water partition coefficient (Wildman–Crippen LogP) is 5.00. The van der Waals surface area contributed by atoms with Gasteiger partial charge in [-0.05, 0) is 76.4 Å². The number of halogens is 2. The average molecular weight is 504 g/mol. The summed E-state index contributed by atoms with van der Waals surface area (Å²) in [5.74, 6) is 0. The highest BCUT2D eigenvalue weighted by atomic mass is 79.9. The van der Waals surface area contributed by atoms with Gasteiger partial charge in [-0.1, -0.05) is 29.8 Å². The van der Waals surface area contributed by atoms with E-state index in [1.165, 1.54) is 35.2 Å². The van der Waals surface area contributed by atoms with Crippen LogP contribution in [0.4, 0.5) is 0 Å². The molecule has 1 heterocycles. The second-order valence-electron chi connectivity index (χ2n) is 6.89. The van der Waals surface area contributed by atoms with E-state index in [0.717, 1.165) is 10.0 Å². The number of nitrogens with zero attached hydrogens (tertiary/aromatic N) is 2. The molecule has 0 amide bonds. The Morgan fingerprint density at radius 1 is 1.07 bits per heavy atom. The van der Waals surface area contributed by atoms with E-state index >= 15 is 0 Å². The van der Waals surface area contributed by atoms with Crippen LogP contribution in [0.3, 0.4) is 0 Å². The van der Waals surface area contributed by atoms with Crippen molar-refractivity contribution >= 4 is 48.3 Å². The fraction of sp³-hybridized carbons (Fsp3) is 0.0909. The van der Waals surface area contributed by atoms with E-state index in [9.17, 15) is 13.2 Å². The number of benzene rings is 3. The molecule has 0 saturated carbocycles. The summed E-state index contributed by atoms with van der Waals surface area (Å²) in [5, 5.41) is 0.844. The number of aromatic nitrogens is 2. The Balaban J connectivity index is 1.86. The third-order valence-corrected chi connectivity index (χ3v) is 7.44. The lowest BCUT2D eigenvalue weighted by molar-refractivity contribution is 0.593. The first-order valence-corrected chi connectivity index (χ1v) is 11.7. The van der Waals surface area contributed by atoms with E-state index in [1.54, 1.807) is 30.3 Å². The third-order valence-electron chi connectivity index (χ3n) is 4.73. The van der Waals surface area contributed by atoms with Crippen LogP contribution in [0.25, 0.3) is 10.9 Å². The van der Waals surface area contributed by atoms with Gasteiger partial charge in [0.25, 0.3) is 5.56 Å². The van der Waals surface area contributed by atoms with E-state index in [4.69, 9.17) is 11.6 Å². The van der Waals surface area contributed by atoms with Crippen molar-refractivity contribution in [2.24, 2.45) is 0 Å². The first-order valence-electron chi connectivity index (χ1n) is 9.01. The Labute approximate surface area is 187 Å². The van der Waals surface area contributed by atoms with Gasteiger partial charge in [-0.15, -0.1) is 0 Å². The summed E-state index contributed by atoms with van der Waals surface area (Å²) in [6.45, 7) is 1.91. The molecule has 0 aliphatic heterocycles. The van der Waals surface area contributed by atoms with Gasteiger partial charge in [0.15, 0.2) is 0 Å². The van der Waals surface area contributed by atoms with Gasteiger partial charge in [0.2, 0.25) is 9.84 Å². The van der Waals surface area contributed by atoms with Crippen LogP contribution in [0.2, 0.25) is 5.02 Å². The molecule has 4 rings (SSSR count). The SMILES string of the molecule is Cc1cc(Br)c2ncn(Cc3cc(Cl)ccc3S(=O)(=O)c3ccccc3)c(=O)c2c1. The molecule has 0 unspecified atom stereocenters. The lowest BCUT2D eigenvalue weighted by Gasteiger charge is -2.13. The van der Waals surface area contributed by atoms with Gasteiger partial charge in [0, 0.05) is 9.50 Å². The van der Waals surface area contributed by atoms with E-state index in [2.05, 4.69) is 20.9 Å². The molecule has 5 nitrogen and oxygen atoms in total. The standard InChI is InChI=1S/C22H16BrClN2O3S/c1-14-9-18-21(19(23)10-14)25-13-26(22(18)27)12-15-11-16(24)7-8-20(15)30(28,29)17-5-3-2-4-6-17/h2-11,13H,12H2,1H3. The highest BCUT2D eigenvalue weighted by Gasteiger charge is 2.22. The second kappa shape index (κ2) is 7.98. The van der Waals surface area contributed by atoms with Crippen LogP contribution in [-0.4, -0.2) is 18.0 Å². The maximum Gasteiger partial charge on any atom is 0.261 e. The van der Waals surface area contributed by atoms with Gasteiger partial charge >= 0.3 is 0 Å². The molecule has 0 bridgehead atoms. The molecular formula is C22H16BrClN2O3S. The summed E-state index contributed by atoms with van der Waals surface area (Å²) in [6.07, 6.45) is 1.42. The minimum absolute atomic E-state index is 0.0231. The summed E-state index contributed by atoms with van der Waals surface area (Å²) in [6, 6.07) is 16.4. The highest BCUT2D eigenvalue weighted by Crippen LogP contribution is 2.27. The molecule has 0 saturated heterocycles. The summed E-state index contributed by atoms with van der Waals surface area (Å²) >= 11 is 9.59. The van der Waals surface area contributed by atoms with E-state index in [0.29, 0.717) is 21.5 Å². The van der Waals surface area contributed by atoms with E-state index in [-0.39, 0.29) is 21.9 Å². The Kier molecular flexibility index (Phi) is 5.53. The molecule has 0 fully saturated rings. The quantitative estimate of drug-likeness (QED) is 0.393. The molecule has 1 aromatic heterocycles. The van der Waals surface area contributed by atoms with Crippen LogP contribution in [0.5, 0.6) is 0 Å². The molecule has 152 valence electrons. The minimum Gasteiger partial charge on any atom is -0.294 e. The predicted molar refractivity (Wildman–Crippen MR) is 121 cm³/mol. The molecule has 0 aliphatic carbocycles. The molecule has 0 N–H and O–H groups in total. The molecule has 0 spiro atoms. The maximum absolute atomic E-state index is 13.2. The smallest absolute Gasteiger partial charge is 0.261 e. The zero-order valence-electron chi connectivity index (χ0n) is 15.8. The summed E-state index contributed by atoms with van der Waals surface area (Å²) in [5.41, 5.74) is 1.64. The largest absolute Gasteiger partial charge is 0.294 e. The van der Waals surface area contributed by atoms with Gasteiger partial charge in [0.1, 0.15) is 0 Å². The number of sulfone groups is 1. The van der Waals surface area contributed by atoms with E-state index in [1.807, 2.05) is 13.0 Å². The van der Waals surface area contributed by atoms with Crippen molar-refractivity contribution in [2.45, 2.75) is 23.3 Å². The minimum atomic E-state index is -3.78. The Morgan fingerprint density at radius 3 is 2.53 bits per heavy atom. The number of aryl methyl sites for hydroxylation is 1. The van der Waals surface area contributed by atoms with Crippen molar-refractivity contribution in [3.8, 4) is 0 Å². The number of hydrogen-bond donors (Lipinski definition) is 0. The zero-order chi connectivity index (χ0) is 21.5. The van der Waals surface area contributed by atoms with Crippen molar-refractivity contribution in [2.75, 3.05) is 0 Å². The molecule has 30 heavy (non-hydrogen) atoms. The molecule has 4 aromatic rings.